The number of hydrogen-bond acceptors (Lipinski definition) is 5. The number of rotatable bonds is 8. The number of carbonyl (C=O) groups is 2. The van der Waals surface area contributed by atoms with Crippen molar-refractivity contribution in [2.75, 3.05) is 12.3 Å². The lowest BCUT2D eigenvalue weighted by molar-refractivity contribution is -0.143. The molecule has 0 bridgehead atoms. The topological polar surface area (TPSA) is 97.1 Å². The van der Waals surface area contributed by atoms with E-state index in [0.717, 1.165) is 18.0 Å². The molecule has 1 aromatic heterocycles. The van der Waals surface area contributed by atoms with Crippen molar-refractivity contribution in [1.29, 1.82) is 0 Å². The van der Waals surface area contributed by atoms with E-state index in [0.29, 0.717) is 6.04 Å². The molecule has 1 aromatic rings. The minimum Gasteiger partial charge on any atom is -0.481 e. The molecular formula is C13H20N4O3S. The van der Waals surface area contributed by atoms with Crippen LogP contribution in [0.15, 0.2) is 11.5 Å². The largest absolute Gasteiger partial charge is 0.481 e. The summed E-state index contributed by atoms with van der Waals surface area (Å²) in [7, 11) is 0. The molecule has 2 N–H and O–H groups in total. The number of carboxylic acids is 1. The molecule has 1 fully saturated rings. The first-order chi connectivity index (χ1) is 9.99. The summed E-state index contributed by atoms with van der Waals surface area (Å²) in [6, 6.07) is 0.475. The van der Waals surface area contributed by atoms with Crippen LogP contribution in [0.5, 0.6) is 0 Å². The number of carbonyl (C=O) groups excluding carboxylic acids is 1. The van der Waals surface area contributed by atoms with Crippen LogP contribution in [0, 0.1) is 11.8 Å². The number of nitrogens with one attached hydrogen (secondary N) is 1. The molecule has 2 rings (SSSR count). The van der Waals surface area contributed by atoms with Crippen molar-refractivity contribution in [3.8, 4) is 0 Å². The molecule has 0 radical (unpaired) electrons. The van der Waals surface area contributed by atoms with Crippen LogP contribution in [0.1, 0.15) is 32.7 Å². The lowest BCUT2D eigenvalue weighted by Gasteiger charge is -2.16. The van der Waals surface area contributed by atoms with E-state index in [1.165, 1.54) is 11.8 Å². The fourth-order valence-corrected chi connectivity index (χ4v) is 2.76. The van der Waals surface area contributed by atoms with Crippen LogP contribution in [0.2, 0.25) is 0 Å². The Morgan fingerprint density at radius 1 is 1.52 bits per heavy atom. The van der Waals surface area contributed by atoms with Gasteiger partial charge in [0.1, 0.15) is 6.33 Å². The van der Waals surface area contributed by atoms with Gasteiger partial charge < -0.3 is 15.0 Å². The molecule has 1 unspecified atom stereocenters. The highest BCUT2D eigenvalue weighted by Crippen LogP contribution is 2.37. The predicted molar refractivity (Wildman–Crippen MR) is 78.0 cm³/mol. The summed E-state index contributed by atoms with van der Waals surface area (Å²) in [5.41, 5.74) is 0. The summed E-state index contributed by atoms with van der Waals surface area (Å²) >= 11 is 1.33. The first-order valence-corrected chi connectivity index (χ1v) is 7.99. The van der Waals surface area contributed by atoms with Crippen molar-refractivity contribution in [3.63, 3.8) is 0 Å². The summed E-state index contributed by atoms with van der Waals surface area (Å²) < 4.78 is 1.99. The van der Waals surface area contributed by atoms with E-state index in [9.17, 15) is 9.59 Å². The van der Waals surface area contributed by atoms with E-state index in [2.05, 4.69) is 15.5 Å². The maximum Gasteiger partial charge on any atom is 0.308 e. The van der Waals surface area contributed by atoms with Crippen molar-refractivity contribution in [2.24, 2.45) is 11.8 Å². The lowest BCUT2D eigenvalue weighted by atomic mass is 9.96. The molecule has 0 aliphatic heterocycles. The zero-order valence-corrected chi connectivity index (χ0v) is 13.0. The Morgan fingerprint density at radius 2 is 2.24 bits per heavy atom. The highest BCUT2D eigenvalue weighted by Gasteiger charge is 2.26. The summed E-state index contributed by atoms with van der Waals surface area (Å²) in [5, 5.41) is 20.3. The maximum absolute atomic E-state index is 11.8. The zero-order valence-electron chi connectivity index (χ0n) is 12.2. The first-order valence-electron chi connectivity index (χ1n) is 7.01. The van der Waals surface area contributed by atoms with Gasteiger partial charge in [-0.3, -0.25) is 9.59 Å². The number of aromatic nitrogens is 3. The number of amides is 1. The summed E-state index contributed by atoms with van der Waals surface area (Å²) in [5.74, 6) is -1.43. The standard InChI is InChI=1S/C13H20N4O3S/c1-8(2)10(12(19)20)5-14-11(18)6-21-13-16-15-7-17(13)9-3-4-9/h7-10H,3-6H2,1-2H3,(H,14,18)(H,19,20). The van der Waals surface area contributed by atoms with Gasteiger partial charge >= 0.3 is 5.97 Å². The zero-order chi connectivity index (χ0) is 15.4. The van der Waals surface area contributed by atoms with Crippen molar-refractivity contribution in [1.82, 2.24) is 20.1 Å². The van der Waals surface area contributed by atoms with Crippen LogP contribution in [0.4, 0.5) is 0 Å². The lowest BCUT2D eigenvalue weighted by Crippen LogP contribution is -2.36. The second kappa shape index (κ2) is 6.93. The molecule has 7 nitrogen and oxygen atoms in total. The van der Waals surface area contributed by atoms with Gasteiger partial charge in [0.2, 0.25) is 5.91 Å². The molecule has 1 aliphatic carbocycles. The predicted octanol–water partition coefficient (Wildman–Crippen LogP) is 1.18. The average Bonchev–Trinajstić information content (AvgIpc) is 3.14. The number of nitrogens with zero attached hydrogens (tertiary/aromatic N) is 3. The molecule has 0 aromatic carbocycles. The van der Waals surface area contributed by atoms with Gasteiger partial charge in [-0.05, 0) is 18.8 Å². The fourth-order valence-electron chi connectivity index (χ4n) is 1.95. The minimum absolute atomic E-state index is 0.0200. The molecule has 21 heavy (non-hydrogen) atoms. The Hall–Kier alpha value is -1.57. The van der Waals surface area contributed by atoms with Gasteiger partial charge in [-0.15, -0.1) is 10.2 Å². The molecule has 1 heterocycles. The Labute approximate surface area is 127 Å². The third-order valence-electron chi connectivity index (χ3n) is 3.45. The van der Waals surface area contributed by atoms with Gasteiger partial charge in [-0.25, -0.2) is 0 Å². The smallest absolute Gasteiger partial charge is 0.308 e. The number of aliphatic carboxylic acids is 1. The van der Waals surface area contributed by atoms with Crippen LogP contribution in [0.3, 0.4) is 0 Å². The average molecular weight is 312 g/mol. The molecular weight excluding hydrogens is 292 g/mol. The third kappa shape index (κ3) is 4.45. The van der Waals surface area contributed by atoms with E-state index in [4.69, 9.17) is 5.11 Å². The van der Waals surface area contributed by atoms with E-state index in [1.54, 1.807) is 6.33 Å². The number of carboxylic acid groups (broad SMARTS) is 1. The van der Waals surface area contributed by atoms with E-state index < -0.39 is 11.9 Å². The Morgan fingerprint density at radius 3 is 2.81 bits per heavy atom. The van der Waals surface area contributed by atoms with Crippen LogP contribution < -0.4 is 5.32 Å². The van der Waals surface area contributed by atoms with Crippen LogP contribution in [-0.4, -0.2) is 44.0 Å². The molecule has 0 spiro atoms. The van der Waals surface area contributed by atoms with Crippen LogP contribution in [-0.2, 0) is 9.59 Å². The van der Waals surface area contributed by atoms with Crippen LogP contribution in [0.25, 0.3) is 0 Å². The molecule has 8 heteroatoms. The molecule has 1 aliphatic rings. The van der Waals surface area contributed by atoms with Crippen LogP contribution >= 0.6 is 11.8 Å². The number of thioether (sulfide) groups is 1. The fraction of sp³-hybridized carbons (Fsp3) is 0.692. The van der Waals surface area contributed by atoms with E-state index in [1.807, 2.05) is 18.4 Å². The molecule has 1 saturated carbocycles. The summed E-state index contributed by atoms with van der Waals surface area (Å²) in [6.45, 7) is 3.82. The molecule has 0 saturated heterocycles. The van der Waals surface area contributed by atoms with Gasteiger partial charge in [0.15, 0.2) is 5.16 Å². The normalized spacial score (nSPS) is 16.0. The maximum atomic E-state index is 11.8. The van der Waals surface area contributed by atoms with Gasteiger partial charge in [0, 0.05) is 12.6 Å². The second-order valence-corrected chi connectivity index (χ2v) is 6.48. The van der Waals surface area contributed by atoms with Crippen molar-refractivity contribution in [2.45, 2.75) is 37.9 Å². The second-order valence-electron chi connectivity index (χ2n) is 5.53. The van der Waals surface area contributed by atoms with E-state index >= 15 is 0 Å². The Kier molecular flexibility index (Phi) is 5.22. The van der Waals surface area contributed by atoms with Gasteiger partial charge in [0.05, 0.1) is 11.7 Å². The summed E-state index contributed by atoms with van der Waals surface area (Å²) in [4.78, 5) is 22.8. The van der Waals surface area contributed by atoms with Gasteiger partial charge in [-0.2, -0.15) is 0 Å². The molecule has 116 valence electrons. The number of hydrogen-bond donors (Lipinski definition) is 2. The minimum atomic E-state index is -0.883. The van der Waals surface area contributed by atoms with Crippen molar-refractivity contribution >= 4 is 23.6 Å². The first kappa shape index (κ1) is 15.8. The SMILES string of the molecule is CC(C)C(CNC(=O)CSc1nncn1C1CC1)C(=O)O. The third-order valence-corrected chi connectivity index (χ3v) is 4.41. The van der Waals surface area contributed by atoms with E-state index in [-0.39, 0.29) is 24.1 Å². The molecule has 1 atom stereocenters. The highest BCUT2D eigenvalue weighted by molar-refractivity contribution is 7.99. The Balaban J connectivity index is 1.76. The monoisotopic (exact) mass is 312 g/mol. The van der Waals surface area contributed by atoms with Crippen molar-refractivity contribution < 1.29 is 14.7 Å². The quantitative estimate of drug-likeness (QED) is 0.700. The van der Waals surface area contributed by atoms with Crippen molar-refractivity contribution in [3.05, 3.63) is 6.33 Å². The summed E-state index contributed by atoms with van der Waals surface area (Å²) in [6.07, 6.45) is 3.95. The highest BCUT2D eigenvalue weighted by atomic mass is 32.2. The molecule has 1 amide bonds. The van der Waals surface area contributed by atoms with Gasteiger partial charge in [0.25, 0.3) is 0 Å². The Bertz CT molecular complexity index is 513. The van der Waals surface area contributed by atoms with Gasteiger partial charge in [-0.1, -0.05) is 25.6 Å².